The highest BCUT2D eigenvalue weighted by Gasteiger charge is 2.40. The minimum atomic E-state index is -4.51. The average Bonchev–Trinajstić information content (AvgIpc) is 3.35. The van der Waals surface area contributed by atoms with E-state index in [4.69, 9.17) is 5.73 Å². The molecule has 0 saturated heterocycles. The van der Waals surface area contributed by atoms with E-state index in [1.165, 1.54) is 18.5 Å². The second kappa shape index (κ2) is 9.53. The first-order chi connectivity index (χ1) is 17.3. The van der Waals surface area contributed by atoms with Crippen LogP contribution in [0.4, 0.5) is 18.0 Å². The van der Waals surface area contributed by atoms with Crippen LogP contribution in [0.2, 0.25) is 0 Å². The molecule has 4 rings (SSSR count). The maximum atomic E-state index is 13.5. The normalized spacial score (nSPS) is 16.7. The van der Waals surface area contributed by atoms with Crippen LogP contribution in [0.3, 0.4) is 0 Å². The summed E-state index contributed by atoms with van der Waals surface area (Å²) in [7, 11) is 0. The Labute approximate surface area is 212 Å². The quantitative estimate of drug-likeness (QED) is 0.464. The Morgan fingerprint density at radius 1 is 1.19 bits per heavy atom. The molecular weight excluding hydrogens is 485 g/mol. The summed E-state index contributed by atoms with van der Waals surface area (Å²) in [6, 6.07) is 7.17. The minimum absolute atomic E-state index is 0.204. The summed E-state index contributed by atoms with van der Waals surface area (Å²) in [5.41, 5.74) is 6.77. The molecule has 1 aliphatic rings. The summed E-state index contributed by atoms with van der Waals surface area (Å²) in [5, 5.41) is 10.9. The third-order valence-electron chi connectivity index (χ3n) is 6.44. The fourth-order valence-corrected chi connectivity index (χ4v) is 4.87. The Morgan fingerprint density at radius 2 is 1.92 bits per heavy atom. The van der Waals surface area contributed by atoms with Crippen molar-refractivity contribution in [2.24, 2.45) is 5.73 Å². The standard InChI is InChI=1S/C26H29F3N6O2/c1-14(23-31-13-32-34-23)21-20-18(10-11-35(21)24(37)33-25(2,3)4)17(8-9-19(20)22(30)36)15-6-5-7-16(12-15)26(27,28)29/h5-9,12-14,21H,10-11H2,1-4H3,(H2,30,36)(H,33,37)(H,31,32,34). The number of H-pyrrole nitrogens is 1. The van der Waals surface area contributed by atoms with Crippen molar-refractivity contribution in [1.82, 2.24) is 25.4 Å². The Kier molecular flexibility index (Phi) is 6.74. The van der Waals surface area contributed by atoms with Crippen molar-refractivity contribution in [1.29, 1.82) is 0 Å². The number of fused-ring (bicyclic) bond motifs is 1. The molecule has 0 aliphatic carbocycles. The molecule has 3 amide bonds. The van der Waals surface area contributed by atoms with Gasteiger partial charge in [-0.15, -0.1) is 10.2 Å². The first kappa shape index (κ1) is 26.2. The van der Waals surface area contributed by atoms with Gasteiger partial charge in [0.25, 0.3) is 0 Å². The summed E-state index contributed by atoms with van der Waals surface area (Å²) in [4.78, 5) is 30.6. The number of primary amides is 1. The van der Waals surface area contributed by atoms with Crippen molar-refractivity contribution < 1.29 is 22.8 Å². The average molecular weight is 515 g/mol. The van der Waals surface area contributed by atoms with Gasteiger partial charge in [-0.2, -0.15) is 13.2 Å². The molecule has 196 valence electrons. The van der Waals surface area contributed by atoms with Crippen LogP contribution in [0.5, 0.6) is 0 Å². The molecule has 2 heterocycles. The number of alkyl halides is 3. The van der Waals surface area contributed by atoms with E-state index in [0.717, 1.165) is 12.1 Å². The van der Waals surface area contributed by atoms with Crippen LogP contribution in [0, 0.1) is 0 Å². The molecule has 0 bridgehead atoms. The van der Waals surface area contributed by atoms with E-state index < -0.39 is 35.1 Å². The SMILES string of the molecule is CC(c1nnc[nH]1)C1c2c(C(N)=O)ccc(-c3cccc(C(F)(F)F)c3)c2CCN1C(=O)NC(C)(C)C. The van der Waals surface area contributed by atoms with Gasteiger partial charge in [-0.25, -0.2) is 4.79 Å². The van der Waals surface area contributed by atoms with E-state index in [-0.39, 0.29) is 18.1 Å². The Morgan fingerprint density at radius 3 is 2.51 bits per heavy atom. The van der Waals surface area contributed by atoms with Gasteiger partial charge >= 0.3 is 12.2 Å². The molecule has 1 aliphatic heterocycles. The third kappa shape index (κ3) is 5.30. The smallest absolute Gasteiger partial charge is 0.366 e. The van der Waals surface area contributed by atoms with Crippen molar-refractivity contribution >= 4 is 11.9 Å². The van der Waals surface area contributed by atoms with Gasteiger partial charge in [-0.3, -0.25) is 4.79 Å². The summed E-state index contributed by atoms with van der Waals surface area (Å²) in [6.07, 6.45) is -2.77. The van der Waals surface area contributed by atoms with Crippen LogP contribution >= 0.6 is 0 Å². The van der Waals surface area contributed by atoms with Crippen LogP contribution in [-0.4, -0.2) is 44.1 Å². The molecule has 37 heavy (non-hydrogen) atoms. The van der Waals surface area contributed by atoms with Gasteiger partial charge in [-0.1, -0.05) is 25.1 Å². The number of aromatic amines is 1. The summed E-state index contributed by atoms with van der Waals surface area (Å²) < 4.78 is 40.4. The number of rotatable bonds is 4. The number of nitrogens with two attached hydrogens (primary N) is 1. The van der Waals surface area contributed by atoms with Crippen LogP contribution in [0.25, 0.3) is 11.1 Å². The van der Waals surface area contributed by atoms with E-state index >= 15 is 0 Å². The van der Waals surface area contributed by atoms with E-state index in [2.05, 4.69) is 20.5 Å². The molecule has 2 aromatic carbocycles. The van der Waals surface area contributed by atoms with Crippen molar-refractivity contribution in [3.8, 4) is 11.1 Å². The number of hydrogen-bond acceptors (Lipinski definition) is 4. The molecule has 1 aromatic heterocycles. The zero-order chi connectivity index (χ0) is 27.1. The zero-order valence-electron chi connectivity index (χ0n) is 21.0. The predicted molar refractivity (Wildman–Crippen MR) is 132 cm³/mol. The first-order valence-corrected chi connectivity index (χ1v) is 11.9. The molecule has 2 atom stereocenters. The number of aromatic nitrogens is 3. The van der Waals surface area contributed by atoms with Gasteiger partial charge in [0.2, 0.25) is 5.91 Å². The lowest BCUT2D eigenvalue weighted by Crippen LogP contribution is -2.52. The molecule has 8 nitrogen and oxygen atoms in total. The number of urea groups is 1. The summed E-state index contributed by atoms with van der Waals surface area (Å²) in [5.74, 6) is -0.645. The molecule has 0 spiro atoms. The predicted octanol–water partition coefficient (Wildman–Crippen LogP) is 4.80. The van der Waals surface area contributed by atoms with Gasteiger partial charge in [0, 0.05) is 23.6 Å². The monoisotopic (exact) mass is 514 g/mol. The second-order valence-corrected chi connectivity index (χ2v) is 10.2. The largest absolute Gasteiger partial charge is 0.416 e. The highest BCUT2D eigenvalue weighted by molar-refractivity contribution is 5.96. The van der Waals surface area contributed by atoms with Gasteiger partial charge < -0.3 is 20.9 Å². The number of nitrogens with zero attached hydrogens (tertiary/aromatic N) is 3. The summed E-state index contributed by atoms with van der Waals surface area (Å²) >= 11 is 0. The van der Waals surface area contributed by atoms with Crippen LogP contribution < -0.4 is 11.1 Å². The fourth-order valence-electron chi connectivity index (χ4n) is 4.87. The molecule has 2 unspecified atom stereocenters. The van der Waals surface area contributed by atoms with Crippen molar-refractivity contribution in [3.05, 3.63) is 70.8 Å². The van der Waals surface area contributed by atoms with E-state index in [1.807, 2.05) is 27.7 Å². The lowest BCUT2D eigenvalue weighted by Gasteiger charge is -2.42. The maximum Gasteiger partial charge on any atom is 0.416 e. The summed E-state index contributed by atoms with van der Waals surface area (Å²) in [6.45, 7) is 7.69. The number of halogens is 3. The molecular formula is C26H29F3N6O2. The molecule has 0 radical (unpaired) electrons. The molecule has 3 aromatic rings. The molecule has 0 saturated carbocycles. The van der Waals surface area contributed by atoms with Gasteiger partial charge in [0.05, 0.1) is 11.6 Å². The molecule has 11 heteroatoms. The van der Waals surface area contributed by atoms with Crippen LogP contribution in [0.15, 0.2) is 42.7 Å². The van der Waals surface area contributed by atoms with E-state index in [1.54, 1.807) is 17.0 Å². The lowest BCUT2D eigenvalue weighted by atomic mass is 9.79. The second-order valence-electron chi connectivity index (χ2n) is 10.2. The van der Waals surface area contributed by atoms with E-state index in [9.17, 15) is 22.8 Å². The Hall–Kier alpha value is -3.89. The topological polar surface area (TPSA) is 117 Å². The van der Waals surface area contributed by atoms with Crippen LogP contribution in [0.1, 0.15) is 72.5 Å². The number of carbonyl (C=O) groups is 2. The number of nitrogens with one attached hydrogen (secondary N) is 2. The highest BCUT2D eigenvalue weighted by atomic mass is 19.4. The first-order valence-electron chi connectivity index (χ1n) is 11.9. The van der Waals surface area contributed by atoms with Crippen molar-refractivity contribution in [3.63, 3.8) is 0 Å². The Bertz CT molecular complexity index is 1310. The number of benzene rings is 2. The minimum Gasteiger partial charge on any atom is -0.366 e. The highest BCUT2D eigenvalue weighted by Crippen LogP contribution is 2.45. The van der Waals surface area contributed by atoms with Gasteiger partial charge in [0.1, 0.15) is 12.2 Å². The fraction of sp³-hybridized carbons (Fsp3) is 0.385. The van der Waals surface area contributed by atoms with E-state index in [0.29, 0.717) is 34.5 Å². The number of amides is 3. The van der Waals surface area contributed by atoms with Crippen molar-refractivity contribution in [2.75, 3.05) is 6.54 Å². The van der Waals surface area contributed by atoms with Gasteiger partial charge in [-0.05, 0) is 67.6 Å². The lowest BCUT2D eigenvalue weighted by molar-refractivity contribution is -0.137. The van der Waals surface area contributed by atoms with Crippen LogP contribution in [-0.2, 0) is 12.6 Å². The molecule has 4 N–H and O–H groups in total. The number of carbonyl (C=O) groups excluding carboxylic acids is 2. The number of hydrogen-bond donors (Lipinski definition) is 3. The van der Waals surface area contributed by atoms with Crippen molar-refractivity contribution in [2.45, 2.75) is 57.8 Å². The Balaban J connectivity index is 1.94. The zero-order valence-corrected chi connectivity index (χ0v) is 21.0. The third-order valence-corrected chi connectivity index (χ3v) is 6.44. The maximum absolute atomic E-state index is 13.5. The van der Waals surface area contributed by atoms with Gasteiger partial charge in [0.15, 0.2) is 0 Å². The molecule has 0 fully saturated rings.